The van der Waals surface area contributed by atoms with Crippen molar-refractivity contribution in [2.45, 2.75) is 302 Å². The van der Waals surface area contributed by atoms with Crippen LogP contribution in [-0.4, -0.2) is 46.9 Å². The van der Waals surface area contributed by atoms with E-state index < -0.39 is 18.2 Å². The van der Waals surface area contributed by atoms with E-state index in [-0.39, 0.29) is 24.9 Å². The fourth-order valence-electron chi connectivity index (χ4n) is 8.08. The third-order valence-electron chi connectivity index (χ3n) is 11.9. The van der Waals surface area contributed by atoms with Gasteiger partial charge in [-0.3, -0.25) is 9.59 Å². The van der Waals surface area contributed by atoms with Gasteiger partial charge in [0.15, 0.2) is 0 Å². The second kappa shape index (κ2) is 45.0. The van der Waals surface area contributed by atoms with E-state index in [0.29, 0.717) is 19.3 Å². The molecular formula is C50H99NO5. The minimum absolute atomic E-state index is 0.0870. The molecule has 0 saturated heterocycles. The third-order valence-corrected chi connectivity index (χ3v) is 11.9. The lowest BCUT2D eigenvalue weighted by Gasteiger charge is -2.24. The van der Waals surface area contributed by atoms with E-state index in [9.17, 15) is 19.8 Å². The smallest absolute Gasteiger partial charge is 0.306 e. The minimum Gasteiger partial charge on any atom is -0.462 e. The summed E-state index contributed by atoms with van der Waals surface area (Å²) in [6, 6.07) is -0.691. The molecule has 3 N–H and O–H groups in total. The molecule has 0 aromatic carbocycles. The second-order valence-electron chi connectivity index (χ2n) is 17.6. The molecule has 0 heterocycles. The van der Waals surface area contributed by atoms with E-state index in [1.165, 1.54) is 193 Å². The van der Waals surface area contributed by atoms with Gasteiger partial charge in [-0.25, -0.2) is 0 Å². The number of amides is 1. The molecule has 0 rings (SSSR count). The first-order chi connectivity index (χ1) is 27.5. The van der Waals surface area contributed by atoms with Crippen molar-refractivity contribution in [1.82, 2.24) is 5.32 Å². The molecule has 3 unspecified atom stereocenters. The fraction of sp³-hybridized carbons (Fsp3) is 0.960. The van der Waals surface area contributed by atoms with Crippen LogP contribution in [0.4, 0.5) is 0 Å². The molecule has 1 amide bonds. The number of carbonyl (C=O) groups excluding carboxylic acids is 2. The number of aliphatic hydroxyl groups excluding tert-OH is 2. The number of aliphatic hydroxyl groups is 2. The number of rotatable bonds is 46. The first-order valence-electron chi connectivity index (χ1n) is 25.3. The van der Waals surface area contributed by atoms with Gasteiger partial charge in [0, 0.05) is 6.42 Å². The highest BCUT2D eigenvalue weighted by Gasteiger charge is 2.24. The molecule has 0 aliphatic carbocycles. The predicted octanol–water partition coefficient (Wildman–Crippen LogP) is 14.8. The number of nitrogens with one attached hydrogen (secondary N) is 1. The molecule has 6 nitrogen and oxygen atoms in total. The predicted molar refractivity (Wildman–Crippen MR) is 241 cm³/mol. The van der Waals surface area contributed by atoms with E-state index >= 15 is 0 Å². The van der Waals surface area contributed by atoms with Gasteiger partial charge in [-0.2, -0.15) is 0 Å². The first-order valence-corrected chi connectivity index (χ1v) is 25.3. The molecule has 56 heavy (non-hydrogen) atoms. The van der Waals surface area contributed by atoms with Crippen LogP contribution >= 0.6 is 0 Å². The van der Waals surface area contributed by atoms with Gasteiger partial charge in [0.2, 0.25) is 5.91 Å². The van der Waals surface area contributed by atoms with Crippen molar-refractivity contribution >= 4 is 11.9 Å². The first kappa shape index (κ1) is 54.9. The highest BCUT2D eigenvalue weighted by Crippen LogP contribution is 2.18. The average molecular weight is 794 g/mol. The summed E-state index contributed by atoms with van der Waals surface area (Å²) in [5.41, 5.74) is 0. The molecule has 0 aromatic rings. The Morgan fingerprint density at radius 2 is 0.750 bits per heavy atom. The average Bonchev–Trinajstić information content (AvgIpc) is 3.19. The highest BCUT2D eigenvalue weighted by molar-refractivity contribution is 5.77. The lowest BCUT2D eigenvalue weighted by Crippen LogP contribution is -2.46. The Balaban J connectivity index is 4.42. The molecule has 0 aliphatic rings. The SMILES string of the molecule is CCCCCCCCCCCCCCCCCCC(O)C(CO)NC(=O)CC(CCCCCCCCCCCC)OC(=O)CCCCCCCCCCCCC. The Morgan fingerprint density at radius 3 is 1.09 bits per heavy atom. The molecule has 0 saturated carbocycles. The van der Waals surface area contributed by atoms with Gasteiger partial charge in [-0.15, -0.1) is 0 Å². The molecule has 0 fully saturated rings. The summed E-state index contributed by atoms with van der Waals surface area (Å²) in [5.74, 6) is -0.456. The van der Waals surface area contributed by atoms with E-state index in [4.69, 9.17) is 4.74 Å². The van der Waals surface area contributed by atoms with Crippen molar-refractivity contribution in [3.63, 3.8) is 0 Å². The zero-order valence-corrected chi connectivity index (χ0v) is 38.0. The Hall–Kier alpha value is -1.14. The summed E-state index contributed by atoms with van der Waals surface area (Å²) in [6.07, 6.45) is 47.3. The van der Waals surface area contributed by atoms with Crippen molar-refractivity contribution < 1.29 is 24.5 Å². The number of esters is 1. The van der Waals surface area contributed by atoms with Crippen molar-refractivity contribution in [1.29, 1.82) is 0 Å². The summed E-state index contributed by atoms with van der Waals surface area (Å²) >= 11 is 0. The lowest BCUT2D eigenvalue weighted by atomic mass is 10.0. The molecular weight excluding hydrogens is 695 g/mol. The highest BCUT2D eigenvalue weighted by atomic mass is 16.5. The van der Waals surface area contributed by atoms with Gasteiger partial charge >= 0.3 is 5.97 Å². The Labute approximate surface area is 349 Å². The standard InChI is InChI=1S/C50H99NO5/c1-4-7-10-13-16-19-22-23-24-25-26-28-30-33-36-39-42-48(53)47(45-52)51-49(54)44-46(41-38-35-32-29-21-18-15-12-9-6-3)56-50(55)43-40-37-34-31-27-20-17-14-11-8-5-2/h46-48,52-53H,4-45H2,1-3H3,(H,51,54). The summed E-state index contributed by atoms with van der Waals surface area (Å²) < 4.78 is 5.91. The largest absolute Gasteiger partial charge is 0.462 e. The van der Waals surface area contributed by atoms with Crippen LogP contribution in [0.1, 0.15) is 284 Å². The van der Waals surface area contributed by atoms with Gasteiger partial charge in [0.05, 0.1) is 25.2 Å². The van der Waals surface area contributed by atoms with Gasteiger partial charge < -0.3 is 20.3 Å². The molecule has 0 radical (unpaired) electrons. The van der Waals surface area contributed by atoms with Gasteiger partial charge in [-0.1, -0.05) is 245 Å². The maximum atomic E-state index is 13.1. The Bertz CT molecular complexity index is 806. The normalized spacial score (nSPS) is 13.2. The zero-order chi connectivity index (χ0) is 41.0. The van der Waals surface area contributed by atoms with E-state index in [1.807, 2.05) is 0 Å². The summed E-state index contributed by atoms with van der Waals surface area (Å²) in [4.78, 5) is 26.0. The van der Waals surface area contributed by atoms with Crippen molar-refractivity contribution in [3.05, 3.63) is 0 Å². The van der Waals surface area contributed by atoms with E-state index in [0.717, 1.165) is 44.9 Å². The molecule has 0 aliphatic heterocycles. The molecule has 0 bridgehead atoms. The molecule has 0 aromatic heterocycles. The maximum absolute atomic E-state index is 13.1. The van der Waals surface area contributed by atoms with Gasteiger partial charge in [-0.05, 0) is 25.7 Å². The van der Waals surface area contributed by atoms with Crippen LogP contribution in [0.25, 0.3) is 0 Å². The number of hydrogen-bond donors (Lipinski definition) is 3. The maximum Gasteiger partial charge on any atom is 0.306 e. The second-order valence-corrected chi connectivity index (χ2v) is 17.6. The van der Waals surface area contributed by atoms with Crippen LogP contribution in [0, 0.1) is 0 Å². The molecule has 3 atom stereocenters. The van der Waals surface area contributed by atoms with Crippen LogP contribution < -0.4 is 5.32 Å². The molecule has 0 spiro atoms. The third kappa shape index (κ3) is 39.7. The van der Waals surface area contributed by atoms with Crippen LogP contribution in [0.15, 0.2) is 0 Å². The summed E-state index contributed by atoms with van der Waals surface area (Å²) in [5, 5.41) is 23.7. The van der Waals surface area contributed by atoms with Crippen molar-refractivity contribution in [2.75, 3.05) is 6.61 Å². The topological polar surface area (TPSA) is 95.9 Å². The van der Waals surface area contributed by atoms with Crippen molar-refractivity contribution in [2.24, 2.45) is 0 Å². The summed E-state index contributed by atoms with van der Waals surface area (Å²) in [7, 11) is 0. The zero-order valence-electron chi connectivity index (χ0n) is 38.0. The van der Waals surface area contributed by atoms with Crippen molar-refractivity contribution in [3.8, 4) is 0 Å². The minimum atomic E-state index is -0.778. The Kier molecular flexibility index (Phi) is 44.0. The van der Waals surface area contributed by atoms with Gasteiger partial charge in [0.25, 0.3) is 0 Å². The molecule has 6 heteroatoms. The van der Waals surface area contributed by atoms with Crippen LogP contribution in [0.3, 0.4) is 0 Å². The van der Waals surface area contributed by atoms with Crippen LogP contribution in [0.5, 0.6) is 0 Å². The number of carbonyl (C=O) groups is 2. The summed E-state index contributed by atoms with van der Waals surface area (Å²) in [6.45, 7) is 6.49. The number of ether oxygens (including phenoxy) is 1. The molecule has 334 valence electrons. The van der Waals surface area contributed by atoms with Crippen LogP contribution in [0.2, 0.25) is 0 Å². The van der Waals surface area contributed by atoms with Gasteiger partial charge in [0.1, 0.15) is 6.10 Å². The quantitative estimate of drug-likeness (QED) is 0.0421. The van der Waals surface area contributed by atoms with E-state index in [1.54, 1.807) is 0 Å². The number of hydrogen-bond acceptors (Lipinski definition) is 5. The van der Waals surface area contributed by atoms with E-state index in [2.05, 4.69) is 26.1 Å². The Morgan fingerprint density at radius 1 is 0.446 bits per heavy atom. The fourth-order valence-corrected chi connectivity index (χ4v) is 8.08. The lowest BCUT2D eigenvalue weighted by molar-refractivity contribution is -0.151. The van der Waals surface area contributed by atoms with Crippen LogP contribution in [-0.2, 0) is 14.3 Å². The monoisotopic (exact) mass is 794 g/mol. The number of unbranched alkanes of at least 4 members (excludes halogenated alkanes) is 34.